The number of phenols is 1. The van der Waals surface area contributed by atoms with E-state index in [1.54, 1.807) is 18.2 Å². The van der Waals surface area contributed by atoms with Crippen LogP contribution in [0.15, 0.2) is 42.5 Å². The maximum absolute atomic E-state index is 10.2. The Kier molecular flexibility index (Phi) is 4.19. The fourth-order valence-electron chi connectivity index (χ4n) is 2.92. The Morgan fingerprint density at radius 3 is 2.80 bits per heavy atom. The van der Waals surface area contributed by atoms with E-state index in [0.29, 0.717) is 28.9 Å². The lowest BCUT2D eigenvalue weighted by molar-refractivity contribution is 0.477. The molecular weight excluding hydrogens is 336 g/mol. The van der Waals surface area contributed by atoms with Crippen LogP contribution in [-0.4, -0.2) is 27.7 Å². The quantitative estimate of drug-likeness (QED) is 0.649. The maximum Gasteiger partial charge on any atom is 0.165 e. The number of phenolic OH excluding ortho intramolecular Hbond substituents is 1. The number of anilines is 1. The zero-order valence-electron chi connectivity index (χ0n) is 13.6. The number of aromatic nitrogens is 2. The van der Waals surface area contributed by atoms with Gasteiger partial charge in [-0.05, 0) is 49.1 Å². The number of nitrogens with zero attached hydrogens (tertiary/aromatic N) is 2. The second-order valence-electron chi connectivity index (χ2n) is 6.46. The van der Waals surface area contributed by atoms with Gasteiger partial charge in [-0.2, -0.15) is 0 Å². The Balaban J connectivity index is 1.76. The van der Waals surface area contributed by atoms with Gasteiger partial charge >= 0.3 is 0 Å². The molecule has 0 unspecified atom stereocenters. The minimum atomic E-state index is 0.0975. The molecule has 2 aromatic carbocycles. The first-order chi connectivity index (χ1) is 12.1. The van der Waals surface area contributed by atoms with Gasteiger partial charge in [0.05, 0.1) is 11.1 Å². The van der Waals surface area contributed by atoms with Crippen LogP contribution in [0.2, 0.25) is 5.02 Å². The van der Waals surface area contributed by atoms with Crippen LogP contribution >= 0.6 is 11.6 Å². The molecule has 25 heavy (non-hydrogen) atoms. The monoisotopic (exact) mass is 354 g/mol. The third-order valence-corrected chi connectivity index (χ3v) is 4.77. The van der Waals surface area contributed by atoms with Crippen molar-refractivity contribution in [1.29, 1.82) is 0 Å². The van der Waals surface area contributed by atoms with Crippen molar-refractivity contribution in [1.82, 2.24) is 9.97 Å². The van der Waals surface area contributed by atoms with Crippen LogP contribution in [0.25, 0.3) is 22.3 Å². The Hall–Kier alpha value is -2.37. The van der Waals surface area contributed by atoms with Gasteiger partial charge in [0.1, 0.15) is 11.6 Å². The molecule has 1 aromatic heterocycles. The van der Waals surface area contributed by atoms with Crippen LogP contribution in [0.3, 0.4) is 0 Å². The number of rotatable bonds is 5. The molecule has 128 valence electrons. The number of halogens is 1. The van der Waals surface area contributed by atoms with Gasteiger partial charge in [-0.15, -0.1) is 0 Å². The number of aromatic hydroxyl groups is 1. The number of hydrogen-bond acceptors (Lipinski definition) is 5. The van der Waals surface area contributed by atoms with Crippen molar-refractivity contribution < 1.29 is 5.11 Å². The van der Waals surface area contributed by atoms with Gasteiger partial charge in [-0.1, -0.05) is 23.7 Å². The summed E-state index contributed by atoms with van der Waals surface area (Å²) in [4.78, 5) is 9.21. The molecule has 1 atom stereocenters. The standard InChI is InChI=1S/C19H19ClN4O/c20-12-7-8-17(25)14(9-12)19-23-16-4-2-1-3-13(16)18(24-19)22-10-15(21)11-5-6-11/h1-4,7-9,11,15,25H,5-6,10,21H2,(H,22,23,24)/t15-/m1/s1. The first kappa shape index (κ1) is 16.1. The SMILES string of the molecule is N[C@H](CNc1nc(-c2cc(Cl)ccc2O)nc2ccccc12)C1CC1. The molecule has 1 saturated carbocycles. The Bertz CT molecular complexity index is 926. The second-order valence-corrected chi connectivity index (χ2v) is 6.89. The number of benzene rings is 2. The van der Waals surface area contributed by atoms with Crippen molar-refractivity contribution >= 4 is 28.3 Å². The summed E-state index contributed by atoms with van der Waals surface area (Å²) in [6.07, 6.45) is 2.41. The van der Waals surface area contributed by atoms with Crippen LogP contribution < -0.4 is 11.1 Å². The average molecular weight is 355 g/mol. The summed E-state index contributed by atoms with van der Waals surface area (Å²) in [6.45, 7) is 0.659. The lowest BCUT2D eigenvalue weighted by Crippen LogP contribution is -2.31. The minimum absolute atomic E-state index is 0.0975. The lowest BCUT2D eigenvalue weighted by atomic mass is 10.1. The fraction of sp³-hybridized carbons (Fsp3) is 0.263. The summed E-state index contributed by atoms with van der Waals surface area (Å²) in [6, 6.07) is 12.8. The van der Waals surface area contributed by atoms with Crippen molar-refractivity contribution in [2.75, 3.05) is 11.9 Å². The number of para-hydroxylation sites is 1. The Morgan fingerprint density at radius 2 is 2.00 bits per heavy atom. The van der Waals surface area contributed by atoms with Crippen LogP contribution in [0.5, 0.6) is 5.75 Å². The highest BCUT2D eigenvalue weighted by atomic mass is 35.5. The summed E-state index contributed by atoms with van der Waals surface area (Å²) < 4.78 is 0. The summed E-state index contributed by atoms with van der Waals surface area (Å²) in [7, 11) is 0. The van der Waals surface area contributed by atoms with Gasteiger partial charge in [0, 0.05) is 23.0 Å². The lowest BCUT2D eigenvalue weighted by Gasteiger charge is -2.15. The topological polar surface area (TPSA) is 84.1 Å². The molecule has 0 saturated heterocycles. The number of nitrogens with two attached hydrogens (primary N) is 1. The predicted octanol–water partition coefficient (Wildman–Crippen LogP) is 3.81. The van der Waals surface area contributed by atoms with Crippen molar-refractivity contribution in [3.8, 4) is 17.1 Å². The molecule has 4 N–H and O–H groups in total. The summed E-state index contributed by atoms with van der Waals surface area (Å²) in [5.41, 5.74) is 7.51. The molecule has 3 aromatic rings. The van der Waals surface area contributed by atoms with Gasteiger partial charge in [-0.3, -0.25) is 0 Å². The van der Waals surface area contributed by atoms with Gasteiger partial charge < -0.3 is 16.2 Å². The molecule has 1 aliphatic carbocycles. The smallest absolute Gasteiger partial charge is 0.165 e. The number of nitrogens with one attached hydrogen (secondary N) is 1. The van der Waals surface area contributed by atoms with Crippen molar-refractivity contribution in [2.45, 2.75) is 18.9 Å². The first-order valence-corrected chi connectivity index (χ1v) is 8.75. The highest BCUT2D eigenvalue weighted by Gasteiger charge is 2.28. The van der Waals surface area contributed by atoms with Crippen LogP contribution in [0.4, 0.5) is 5.82 Å². The van der Waals surface area contributed by atoms with Gasteiger partial charge in [-0.25, -0.2) is 9.97 Å². The van der Waals surface area contributed by atoms with Gasteiger partial charge in [0.25, 0.3) is 0 Å². The Morgan fingerprint density at radius 1 is 1.20 bits per heavy atom. The van der Waals surface area contributed by atoms with E-state index in [2.05, 4.69) is 15.3 Å². The highest BCUT2D eigenvalue weighted by molar-refractivity contribution is 6.30. The molecule has 4 rings (SSSR count). The Labute approximate surface area is 150 Å². The zero-order valence-corrected chi connectivity index (χ0v) is 14.4. The van der Waals surface area contributed by atoms with E-state index >= 15 is 0 Å². The molecule has 1 aliphatic rings. The number of hydrogen-bond donors (Lipinski definition) is 3. The van der Waals surface area contributed by atoms with E-state index in [0.717, 1.165) is 16.7 Å². The minimum Gasteiger partial charge on any atom is -0.507 e. The first-order valence-electron chi connectivity index (χ1n) is 8.37. The van der Waals surface area contributed by atoms with E-state index in [4.69, 9.17) is 17.3 Å². The van der Waals surface area contributed by atoms with Crippen LogP contribution in [0, 0.1) is 5.92 Å². The van der Waals surface area contributed by atoms with E-state index in [-0.39, 0.29) is 11.8 Å². The van der Waals surface area contributed by atoms with Gasteiger partial charge in [0.2, 0.25) is 0 Å². The summed E-state index contributed by atoms with van der Waals surface area (Å²) >= 11 is 6.07. The van der Waals surface area contributed by atoms with E-state index in [9.17, 15) is 5.11 Å². The zero-order chi connectivity index (χ0) is 17.4. The van der Waals surface area contributed by atoms with Crippen molar-refractivity contribution in [3.63, 3.8) is 0 Å². The van der Waals surface area contributed by atoms with E-state index < -0.39 is 0 Å². The van der Waals surface area contributed by atoms with Crippen molar-refractivity contribution in [3.05, 3.63) is 47.5 Å². The third-order valence-electron chi connectivity index (χ3n) is 4.54. The predicted molar refractivity (Wildman–Crippen MR) is 101 cm³/mol. The highest BCUT2D eigenvalue weighted by Crippen LogP contribution is 2.33. The van der Waals surface area contributed by atoms with Crippen LogP contribution in [-0.2, 0) is 0 Å². The molecule has 6 heteroatoms. The van der Waals surface area contributed by atoms with Crippen LogP contribution in [0.1, 0.15) is 12.8 Å². The number of fused-ring (bicyclic) bond motifs is 1. The molecule has 0 amide bonds. The molecule has 0 bridgehead atoms. The molecule has 0 radical (unpaired) electrons. The third kappa shape index (κ3) is 3.38. The largest absolute Gasteiger partial charge is 0.507 e. The van der Waals surface area contributed by atoms with E-state index in [1.165, 1.54) is 12.8 Å². The fourth-order valence-corrected chi connectivity index (χ4v) is 3.10. The van der Waals surface area contributed by atoms with Crippen molar-refractivity contribution in [2.24, 2.45) is 11.7 Å². The molecular formula is C19H19ClN4O. The summed E-state index contributed by atoms with van der Waals surface area (Å²) in [5.74, 6) is 1.86. The maximum atomic E-state index is 10.2. The molecule has 1 heterocycles. The molecule has 0 aliphatic heterocycles. The summed E-state index contributed by atoms with van der Waals surface area (Å²) in [5, 5.41) is 15.0. The molecule has 1 fully saturated rings. The van der Waals surface area contributed by atoms with Gasteiger partial charge in [0.15, 0.2) is 5.82 Å². The van der Waals surface area contributed by atoms with E-state index in [1.807, 2.05) is 24.3 Å². The average Bonchev–Trinajstić information content (AvgIpc) is 3.46. The second kappa shape index (κ2) is 6.50. The molecule has 5 nitrogen and oxygen atoms in total. The molecule has 0 spiro atoms. The normalized spacial score (nSPS) is 15.3.